The van der Waals surface area contributed by atoms with Crippen molar-refractivity contribution in [3.8, 4) is 5.75 Å². The first-order valence-electron chi connectivity index (χ1n) is 8.58. The molecule has 2 aromatic heterocycles. The molecule has 2 amide bonds. The highest BCUT2D eigenvalue weighted by molar-refractivity contribution is 7.11. The van der Waals surface area contributed by atoms with Crippen LogP contribution in [0.25, 0.3) is 11.0 Å². The van der Waals surface area contributed by atoms with Crippen LogP contribution in [0.4, 0.5) is 0 Å². The minimum Gasteiger partial charge on any atom is -0.488 e. The monoisotopic (exact) mass is 385 g/mol. The van der Waals surface area contributed by atoms with Gasteiger partial charge in [-0.25, -0.2) is 4.98 Å². The van der Waals surface area contributed by atoms with E-state index in [1.807, 2.05) is 6.92 Å². The molecule has 0 aliphatic heterocycles. The van der Waals surface area contributed by atoms with Gasteiger partial charge in [-0.3, -0.25) is 9.59 Å². The SMILES string of the molecule is Cc1ncc(COc2ccc3oc(C)c(C(=O)NC4(C(N)=O)CC4)c3c2)s1. The maximum absolute atomic E-state index is 12.8. The molecule has 0 radical (unpaired) electrons. The highest BCUT2D eigenvalue weighted by Crippen LogP contribution is 2.36. The number of rotatable bonds is 6. The van der Waals surface area contributed by atoms with Crippen LogP contribution in [-0.2, 0) is 11.4 Å². The van der Waals surface area contributed by atoms with Crippen molar-refractivity contribution in [1.29, 1.82) is 0 Å². The van der Waals surface area contributed by atoms with Crippen molar-refractivity contribution in [1.82, 2.24) is 10.3 Å². The van der Waals surface area contributed by atoms with Crippen LogP contribution in [0.2, 0.25) is 0 Å². The molecule has 3 aromatic rings. The molecular weight excluding hydrogens is 366 g/mol. The lowest BCUT2D eigenvalue weighted by Crippen LogP contribution is -2.46. The van der Waals surface area contributed by atoms with Crippen molar-refractivity contribution in [2.45, 2.75) is 38.8 Å². The van der Waals surface area contributed by atoms with Crippen LogP contribution in [0.5, 0.6) is 5.75 Å². The number of furan rings is 1. The molecule has 27 heavy (non-hydrogen) atoms. The van der Waals surface area contributed by atoms with E-state index in [0.29, 0.717) is 47.5 Å². The fraction of sp³-hybridized carbons (Fsp3) is 0.316. The molecular formula is C19H19N3O4S. The number of ether oxygens (including phenoxy) is 1. The molecule has 140 valence electrons. The van der Waals surface area contributed by atoms with E-state index in [1.54, 1.807) is 42.7 Å². The number of fused-ring (bicyclic) bond motifs is 1. The predicted octanol–water partition coefficient (Wildman–Crippen LogP) is 2.83. The fourth-order valence-corrected chi connectivity index (χ4v) is 3.74. The molecule has 4 rings (SSSR count). The van der Waals surface area contributed by atoms with Gasteiger partial charge >= 0.3 is 0 Å². The molecule has 0 spiro atoms. The van der Waals surface area contributed by atoms with Gasteiger partial charge in [0.2, 0.25) is 5.91 Å². The Morgan fingerprint density at radius 3 is 2.78 bits per heavy atom. The number of thiazole rings is 1. The van der Waals surface area contributed by atoms with Crippen LogP contribution in [0.1, 0.15) is 38.8 Å². The molecule has 8 heteroatoms. The summed E-state index contributed by atoms with van der Waals surface area (Å²) in [4.78, 5) is 29.6. The summed E-state index contributed by atoms with van der Waals surface area (Å²) in [7, 11) is 0. The number of amides is 2. The zero-order valence-electron chi connectivity index (χ0n) is 15.0. The number of nitrogens with zero attached hydrogens (tertiary/aromatic N) is 1. The van der Waals surface area contributed by atoms with Gasteiger partial charge in [0.05, 0.1) is 15.4 Å². The molecule has 1 aliphatic rings. The number of nitrogens with one attached hydrogen (secondary N) is 1. The van der Waals surface area contributed by atoms with Crippen LogP contribution in [-0.4, -0.2) is 22.3 Å². The number of benzene rings is 1. The lowest BCUT2D eigenvalue weighted by molar-refractivity contribution is -0.120. The van der Waals surface area contributed by atoms with Crippen molar-refractivity contribution >= 4 is 34.1 Å². The normalized spacial score (nSPS) is 14.9. The second-order valence-electron chi connectivity index (χ2n) is 6.73. The summed E-state index contributed by atoms with van der Waals surface area (Å²) in [6.07, 6.45) is 2.91. The Morgan fingerprint density at radius 2 is 2.15 bits per heavy atom. The molecule has 1 aliphatic carbocycles. The summed E-state index contributed by atoms with van der Waals surface area (Å²) in [5.41, 5.74) is 5.46. The highest BCUT2D eigenvalue weighted by Gasteiger charge is 2.50. The third-order valence-corrected chi connectivity index (χ3v) is 5.57. The van der Waals surface area contributed by atoms with Gasteiger partial charge in [-0.2, -0.15) is 0 Å². The first kappa shape index (κ1) is 17.5. The summed E-state index contributed by atoms with van der Waals surface area (Å²) < 4.78 is 11.5. The summed E-state index contributed by atoms with van der Waals surface area (Å²) in [6, 6.07) is 5.35. The Labute approximate surface area is 159 Å². The summed E-state index contributed by atoms with van der Waals surface area (Å²) in [6.45, 7) is 4.07. The molecule has 7 nitrogen and oxygen atoms in total. The molecule has 1 fully saturated rings. The minimum absolute atomic E-state index is 0.363. The lowest BCUT2D eigenvalue weighted by Gasteiger charge is -2.13. The lowest BCUT2D eigenvalue weighted by atomic mass is 10.1. The molecule has 1 saturated carbocycles. The van der Waals surface area contributed by atoms with Gasteiger partial charge in [-0.05, 0) is 44.9 Å². The second kappa shape index (κ2) is 6.38. The summed E-state index contributed by atoms with van der Waals surface area (Å²) >= 11 is 1.58. The van der Waals surface area contributed by atoms with Gasteiger partial charge in [-0.1, -0.05) is 0 Å². The predicted molar refractivity (Wildman–Crippen MR) is 101 cm³/mol. The molecule has 0 saturated heterocycles. The van der Waals surface area contributed by atoms with Gasteiger partial charge in [0.15, 0.2) is 0 Å². The Hall–Kier alpha value is -2.87. The van der Waals surface area contributed by atoms with Crippen LogP contribution in [0.3, 0.4) is 0 Å². The Kier molecular flexibility index (Phi) is 4.15. The van der Waals surface area contributed by atoms with E-state index in [-0.39, 0.29) is 5.91 Å². The van der Waals surface area contributed by atoms with E-state index in [0.717, 1.165) is 9.88 Å². The first-order valence-corrected chi connectivity index (χ1v) is 9.39. The number of hydrogen-bond acceptors (Lipinski definition) is 6. The number of aromatic nitrogens is 1. The molecule has 3 N–H and O–H groups in total. The van der Waals surface area contributed by atoms with Gasteiger partial charge in [0.1, 0.15) is 29.2 Å². The molecule has 0 bridgehead atoms. The van der Waals surface area contributed by atoms with Crippen LogP contribution in [0.15, 0.2) is 28.8 Å². The number of primary amides is 1. The molecule has 0 atom stereocenters. The van der Waals surface area contributed by atoms with Crippen LogP contribution < -0.4 is 15.8 Å². The molecule has 1 aromatic carbocycles. The van der Waals surface area contributed by atoms with Crippen molar-refractivity contribution < 1.29 is 18.7 Å². The number of hydrogen-bond donors (Lipinski definition) is 2. The first-order chi connectivity index (χ1) is 12.9. The maximum atomic E-state index is 12.8. The quantitative estimate of drug-likeness (QED) is 0.678. The van der Waals surface area contributed by atoms with Crippen LogP contribution in [0, 0.1) is 13.8 Å². The Morgan fingerprint density at radius 1 is 1.37 bits per heavy atom. The van der Waals surface area contributed by atoms with Crippen molar-refractivity contribution in [2.24, 2.45) is 5.73 Å². The zero-order chi connectivity index (χ0) is 19.2. The topological polar surface area (TPSA) is 107 Å². The van der Waals surface area contributed by atoms with Crippen LogP contribution >= 0.6 is 11.3 Å². The van der Waals surface area contributed by atoms with E-state index >= 15 is 0 Å². The van der Waals surface area contributed by atoms with Crippen molar-refractivity contribution in [3.05, 3.63) is 45.6 Å². The Balaban J connectivity index is 1.59. The highest BCUT2D eigenvalue weighted by atomic mass is 32.1. The number of carbonyl (C=O) groups is 2. The largest absolute Gasteiger partial charge is 0.488 e. The smallest absolute Gasteiger partial charge is 0.256 e. The van der Waals surface area contributed by atoms with Gasteiger partial charge < -0.3 is 20.2 Å². The van der Waals surface area contributed by atoms with E-state index in [9.17, 15) is 9.59 Å². The van der Waals surface area contributed by atoms with E-state index in [4.69, 9.17) is 14.9 Å². The standard InChI is InChI=1S/C19H19N3O4S/c1-10-16(17(23)22-19(5-6-19)18(20)24)14-7-12(3-4-15(14)26-10)25-9-13-8-21-11(2)27-13/h3-4,7-8H,5-6,9H2,1-2H3,(H2,20,24)(H,22,23). The van der Waals surface area contributed by atoms with Gasteiger partial charge in [0, 0.05) is 11.6 Å². The van der Waals surface area contributed by atoms with E-state index in [1.165, 1.54) is 0 Å². The molecule has 2 heterocycles. The Bertz CT molecular complexity index is 1050. The fourth-order valence-electron chi connectivity index (χ4n) is 3.04. The number of nitrogens with two attached hydrogens (primary N) is 1. The third kappa shape index (κ3) is 3.28. The van der Waals surface area contributed by atoms with Crippen molar-refractivity contribution in [2.75, 3.05) is 0 Å². The van der Waals surface area contributed by atoms with Gasteiger partial charge in [0.25, 0.3) is 5.91 Å². The van der Waals surface area contributed by atoms with Gasteiger partial charge in [-0.15, -0.1) is 11.3 Å². The van der Waals surface area contributed by atoms with E-state index < -0.39 is 11.4 Å². The molecule has 0 unspecified atom stereocenters. The summed E-state index contributed by atoms with van der Waals surface area (Å²) in [5, 5.41) is 4.39. The average molecular weight is 385 g/mol. The maximum Gasteiger partial charge on any atom is 0.256 e. The second-order valence-corrected chi connectivity index (χ2v) is 8.05. The third-order valence-electron chi connectivity index (χ3n) is 4.69. The average Bonchev–Trinajstić information content (AvgIpc) is 3.16. The zero-order valence-corrected chi connectivity index (χ0v) is 15.8. The number of aryl methyl sites for hydroxylation is 2. The summed E-state index contributed by atoms with van der Waals surface area (Å²) in [5.74, 6) is 0.236. The van der Waals surface area contributed by atoms with E-state index in [2.05, 4.69) is 10.3 Å². The minimum atomic E-state index is -0.925. The number of carbonyl (C=O) groups excluding carboxylic acids is 2. The van der Waals surface area contributed by atoms with Crippen molar-refractivity contribution in [3.63, 3.8) is 0 Å².